The number of hydrogen-bond donors (Lipinski definition) is 1. The zero-order valence-electron chi connectivity index (χ0n) is 19.0. The lowest BCUT2D eigenvalue weighted by Crippen LogP contribution is -2.57. The topological polar surface area (TPSA) is 91.7 Å². The summed E-state index contributed by atoms with van der Waals surface area (Å²) in [5, 5.41) is 10.0. The highest BCUT2D eigenvalue weighted by Crippen LogP contribution is 2.60. The molecule has 0 aromatic heterocycles. The number of rotatable bonds is 7. The summed E-state index contributed by atoms with van der Waals surface area (Å²) in [6.45, 7) is 2.21. The molecule has 1 aromatic carbocycles. The van der Waals surface area contributed by atoms with E-state index in [0.29, 0.717) is 45.1 Å². The number of amides is 2. The fourth-order valence-electron chi connectivity index (χ4n) is 6.44. The summed E-state index contributed by atoms with van der Waals surface area (Å²) in [6, 6.07) is 7.20. The number of carbonyl (C=O) groups excluding carboxylic acids is 2. The van der Waals surface area contributed by atoms with Gasteiger partial charge in [0.15, 0.2) is 22.4 Å². The van der Waals surface area contributed by atoms with E-state index in [1.54, 1.807) is 24.3 Å². The molecule has 1 heterocycles. The quantitative estimate of drug-likeness (QED) is 0.440. The standard InChI is InChI=1S/C25H27N3O4S2/c1-2-31-20-10-15(3-4-19(20)32-6-5-26)11-21-22(29)28(24(33)34-21)27-23(30)25-12-16-7-17(13-25)9-18(8-16)14-25/h3-4,10-11,16-18H,2,6-9,12-14H2,1H3,(H,27,30)/b21-11-. The van der Waals surface area contributed by atoms with Gasteiger partial charge in [0.2, 0.25) is 5.91 Å². The molecule has 5 fully saturated rings. The number of thiocarbonyl (C=S) groups is 1. The van der Waals surface area contributed by atoms with E-state index in [1.165, 1.54) is 36.0 Å². The Morgan fingerprint density at radius 3 is 2.53 bits per heavy atom. The van der Waals surface area contributed by atoms with Gasteiger partial charge in [0.1, 0.15) is 6.07 Å². The first-order valence-corrected chi connectivity index (χ1v) is 13.0. The fraction of sp³-hybridized carbons (Fsp3) is 0.520. The largest absolute Gasteiger partial charge is 0.490 e. The molecule has 6 rings (SSSR count). The van der Waals surface area contributed by atoms with Gasteiger partial charge in [-0.1, -0.05) is 17.8 Å². The molecule has 9 heteroatoms. The molecule has 1 aliphatic heterocycles. The number of benzene rings is 1. The van der Waals surface area contributed by atoms with Crippen molar-refractivity contribution in [1.29, 1.82) is 5.26 Å². The van der Waals surface area contributed by atoms with Crippen molar-refractivity contribution in [3.63, 3.8) is 0 Å². The molecule has 5 aliphatic rings. The van der Waals surface area contributed by atoms with Crippen molar-refractivity contribution in [3.8, 4) is 17.6 Å². The first kappa shape index (κ1) is 23.2. The minimum atomic E-state index is -0.354. The Morgan fingerprint density at radius 2 is 1.91 bits per heavy atom. The molecule has 178 valence electrons. The number of hydrazine groups is 1. The minimum Gasteiger partial charge on any atom is -0.490 e. The lowest BCUT2D eigenvalue weighted by atomic mass is 9.49. The van der Waals surface area contributed by atoms with Crippen LogP contribution in [0.4, 0.5) is 0 Å². The summed E-state index contributed by atoms with van der Waals surface area (Å²) in [5.74, 6) is 2.51. The van der Waals surface area contributed by atoms with Gasteiger partial charge in [0, 0.05) is 0 Å². The monoisotopic (exact) mass is 497 g/mol. The predicted molar refractivity (Wildman–Crippen MR) is 132 cm³/mol. The van der Waals surface area contributed by atoms with Gasteiger partial charge in [-0.2, -0.15) is 10.3 Å². The Kier molecular flexibility index (Phi) is 6.30. The van der Waals surface area contributed by atoms with Crippen LogP contribution in [0, 0.1) is 34.5 Å². The van der Waals surface area contributed by atoms with Gasteiger partial charge in [0.05, 0.1) is 16.9 Å². The molecule has 4 saturated carbocycles. The summed E-state index contributed by atoms with van der Waals surface area (Å²) in [5.41, 5.74) is 3.26. The Hall–Kier alpha value is -2.57. The molecule has 0 unspecified atom stereocenters. The molecule has 2 amide bonds. The number of ether oxygens (including phenoxy) is 2. The van der Waals surface area contributed by atoms with Gasteiger partial charge >= 0.3 is 0 Å². The second-order valence-corrected chi connectivity index (χ2v) is 11.4. The van der Waals surface area contributed by atoms with E-state index in [-0.39, 0.29) is 23.8 Å². The highest BCUT2D eigenvalue weighted by Gasteiger charge is 2.55. The maximum Gasteiger partial charge on any atom is 0.285 e. The number of thioether (sulfide) groups is 1. The van der Waals surface area contributed by atoms with E-state index in [0.717, 1.165) is 24.8 Å². The van der Waals surface area contributed by atoms with E-state index >= 15 is 0 Å². The number of hydrogen-bond acceptors (Lipinski definition) is 7. The number of carbonyl (C=O) groups is 2. The summed E-state index contributed by atoms with van der Waals surface area (Å²) < 4.78 is 11.4. The van der Waals surface area contributed by atoms with Crippen LogP contribution in [0.5, 0.6) is 11.5 Å². The Balaban J connectivity index is 1.31. The smallest absolute Gasteiger partial charge is 0.285 e. The third-order valence-corrected chi connectivity index (χ3v) is 8.69. The molecule has 0 spiro atoms. The molecule has 7 nitrogen and oxygen atoms in total. The van der Waals surface area contributed by atoms with Crippen LogP contribution >= 0.6 is 24.0 Å². The predicted octanol–water partition coefficient (Wildman–Crippen LogP) is 4.44. The van der Waals surface area contributed by atoms with Crippen molar-refractivity contribution in [2.75, 3.05) is 13.2 Å². The van der Waals surface area contributed by atoms with E-state index in [9.17, 15) is 9.59 Å². The van der Waals surface area contributed by atoms with E-state index in [2.05, 4.69) is 5.43 Å². The van der Waals surface area contributed by atoms with Crippen molar-refractivity contribution >= 4 is 46.2 Å². The third kappa shape index (κ3) is 4.29. The van der Waals surface area contributed by atoms with E-state index in [1.807, 2.05) is 13.0 Å². The summed E-state index contributed by atoms with van der Waals surface area (Å²) in [6.07, 6.45) is 8.26. The second-order valence-electron chi connectivity index (χ2n) is 9.74. The number of nitrogens with zero attached hydrogens (tertiary/aromatic N) is 2. The molecule has 4 aliphatic carbocycles. The second kappa shape index (κ2) is 9.23. The van der Waals surface area contributed by atoms with Crippen molar-refractivity contribution in [2.24, 2.45) is 23.2 Å². The van der Waals surface area contributed by atoms with Gasteiger partial charge < -0.3 is 9.47 Å². The van der Waals surface area contributed by atoms with Crippen LogP contribution in [0.2, 0.25) is 0 Å². The molecule has 0 radical (unpaired) electrons. The lowest BCUT2D eigenvalue weighted by molar-refractivity contribution is -0.152. The Bertz CT molecular complexity index is 1070. The summed E-state index contributed by atoms with van der Waals surface area (Å²) in [7, 11) is 0. The lowest BCUT2D eigenvalue weighted by Gasteiger charge is -2.55. The van der Waals surface area contributed by atoms with Gasteiger partial charge in [0.25, 0.3) is 5.91 Å². The molecule has 34 heavy (non-hydrogen) atoms. The van der Waals surface area contributed by atoms with Crippen LogP contribution in [0.1, 0.15) is 51.0 Å². The Labute approximate surface area is 208 Å². The molecule has 0 atom stereocenters. The minimum absolute atomic E-state index is 0.0539. The van der Waals surface area contributed by atoms with Gasteiger partial charge in [-0.3, -0.25) is 15.0 Å². The maximum atomic E-state index is 13.4. The molecule has 1 saturated heterocycles. The average Bonchev–Trinajstić information content (AvgIpc) is 3.05. The van der Waals surface area contributed by atoms with Crippen LogP contribution in [-0.2, 0) is 9.59 Å². The zero-order valence-corrected chi connectivity index (χ0v) is 20.7. The molecular weight excluding hydrogens is 470 g/mol. The van der Waals surface area contributed by atoms with Crippen LogP contribution in [0.25, 0.3) is 6.08 Å². The first-order valence-electron chi connectivity index (χ1n) is 11.8. The van der Waals surface area contributed by atoms with Crippen molar-refractivity contribution in [3.05, 3.63) is 28.7 Å². The van der Waals surface area contributed by atoms with Crippen LogP contribution in [0.3, 0.4) is 0 Å². The molecule has 1 N–H and O–H groups in total. The van der Waals surface area contributed by atoms with Gasteiger partial charge in [-0.05, 0) is 99.2 Å². The van der Waals surface area contributed by atoms with Crippen LogP contribution < -0.4 is 14.9 Å². The van der Waals surface area contributed by atoms with Crippen molar-refractivity contribution < 1.29 is 19.1 Å². The average molecular weight is 498 g/mol. The normalized spacial score (nSPS) is 30.5. The zero-order chi connectivity index (χ0) is 23.9. The summed E-state index contributed by atoms with van der Waals surface area (Å²) in [4.78, 5) is 27.0. The van der Waals surface area contributed by atoms with Gasteiger partial charge in [-0.15, -0.1) is 0 Å². The maximum absolute atomic E-state index is 13.4. The van der Waals surface area contributed by atoms with Crippen LogP contribution in [0.15, 0.2) is 23.1 Å². The van der Waals surface area contributed by atoms with Gasteiger partial charge in [-0.25, -0.2) is 0 Å². The van der Waals surface area contributed by atoms with Crippen LogP contribution in [-0.4, -0.2) is 34.4 Å². The molecular formula is C25H27N3O4S2. The highest BCUT2D eigenvalue weighted by molar-refractivity contribution is 8.26. The summed E-state index contributed by atoms with van der Waals surface area (Å²) >= 11 is 6.62. The highest BCUT2D eigenvalue weighted by atomic mass is 32.2. The first-order chi connectivity index (χ1) is 16.4. The molecule has 4 bridgehead atoms. The van der Waals surface area contributed by atoms with Crippen molar-refractivity contribution in [2.45, 2.75) is 45.4 Å². The van der Waals surface area contributed by atoms with E-state index < -0.39 is 0 Å². The Morgan fingerprint density at radius 1 is 1.24 bits per heavy atom. The van der Waals surface area contributed by atoms with E-state index in [4.69, 9.17) is 27.0 Å². The van der Waals surface area contributed by atoms with Crippen molar-refractivity contribution in [1.82, 2.24) is 10.4 Å². The third-order valence-electron chi connectivity index (χ3n) is 7.38. The SMILES string of the molecule is CCOc1cc(/C=C2\SC(=S)N(NC(=O)C34CC5CC(CC(C5)C3)C4)C2=O)ccc1OCC#N. The number of nitriles is 1. The fourth-order valence-corrected chi connectivity index (χ4v) is 7.62. The number of nitrogens with one attached hydrogen (secondary N) is 1. The molecule has 1 aromatic rings.